The summed E-state index contributed by atoms with van der Waals surface area (Å²) in [7, 11) is 4.01. The molecule has 1 aromatic rings. The Morgan fingerprint density at radius 2 is 2.06 bits per heavy atom. The summed E-state index contributed by atoms with van der Waals surface area (Å²) in [6.45, 7) is 7.27. The highest BCUT2D eigenvalue weighted by Crippen LogP contribution is 2.13. The van der Waals surface area contributed by atoms with Crippen LogP contribution in [0.1, 0.15) is 20.3 Å². The molecule has 0 atom stereocenters. The maximum Gasteiger partial charge on any atom is 0.133 e. The van der Waals surface area contributed by atoms with Crippen LogP contribution in [0, 0.1) is 5.92 Å². The van der Waals surface area contributed by atoms with Gasteiger partial charge in [-0.25, -0.2) is 9.97 Å². The number of likely N-dealkylation sites (N-methyl/N-ethyl adjacent to an activating group) is 1. The molecule has 5 heteroatoms. The second-order valence-corrected chi connectivity index (χ2v) is 4.90. The molecular weight excluding hydrogens is 226 g/mol. The third-order valence-electron chi connectivity index (χ3n) is 2.77. The molecule has 2 N–H and O–H groups in total. The van der Waals surface area contributed by atoms with Crippen molar-refractivity contribution in [1.82, 2.24) is 15.3 Å². The van der Waals surface area contributed by atoms with E-state index in [-0.39, 0.29) is 0 Å². The third-order valence-corrected chi connectivity index (χ3v) is 2.77. The Kier molecular flexibility index (Phi) is 6.43. The summed E-state index contributed by atoms with van der Waals surface area (Å²) in [6.07, 6.45) is 2.78. The van der Waals surface area contributed by atoms with Crippen LogP contribution in [0.4, 0.5) is 11.6 Å². The van der Waals surface area contributed by atoms with Crippen LogP contribution in [0.15, 0.2) is 12.4 Å². The van der Waals surface area contributed by atoms with E-state index in [9.17, 15) is 0 Å². The van der Waals surface area contributed by atoms with E-state index in [1.165, 1.54) is 6.42 Å². The van der Waals surface area contributed by atoms with Crippen molar-refractivity contribution in [3.8, 4) is 0 Å². The van der Waals surface area contributed by atoms with E-state index in [1.807, 2.05) is 13.1 Å². The Balaban J connectivity index is 2.52. The number of nitrogens with one attached hydrogen (secondary N) is 2. The van der Waals surface area contributed by atoms with Gasteiger partial charge < -0.3 is 15.5 Å². The van der Waals surface area contributed by atoms with Gasteiger partial charge in [-0.2, -0.15) is 0 Å². The first-order chi connectivity index (χ1) is 8.63. The Labute approximate surface area is 110 Å². The van der Waals surface area contributed by atoms with Gasteiger partial charge in [-0.15, -0.1) is 0 Å². The zero-order valence-electron chi connectivity index (χ0n) is 11.9. The standard InChI is InChI=1S/C13H25N5/c1-11(2)5-8-18(4)13-9-12(16-10-17-13)15-7-6-14-3/h9-11,14H,5-8H2,1-4H3,(H,15,16,17). The van der Waals surface area contributed by atoms with E-state index in [4.69, 9.17) is 0 Å². The average molecular weight is 251 g/mol. The normalized spacial score (nSPS) is 10.7. The molecule has 0 fully saturated rings. The van der Waals surface area contributed by atoms with E-state index in [0.29, 0.717) is 5.92 Å². The van der Waals surface area contributed by atoms with Crippen molar-refractivity contribution in [3.63, 3.8) is 0 Å². The molecule has 18 heavy (non-hydrogen) atoms. The lowest BCUT2D eigenvalue weighted by Gasteiger charge is -2.19. The van der Waals surface area contributed by atoms with Crippen molar-refractivity contribution in [3.05, 3.63) is 12.4 Å². The molecule has 0 aliphatic rings. The number of anilines is 2. The van der Waals surface area contributed by atoms with Crippen LogP contribution >= 0.6 is 0 Å². The summed E-state index contributed by atoms with van der Waals surface area (Å²) in [5, 5.41) is 6.36. The van der Waals surface area contributed by atoms with Crippen molar-refractivity contribution in [1.29, 1.82) is 0 Å². The van der Waals surface area contributed by atoms with Gasteiger partial charge in [-0.3, -0.25) is 0 Å². The zero-order chi connectivity index (χ0) is 13.4. The molecular formula is C13H25N5. The predicted molar refractivity (Wildman–Crippen MR) is 77.2 cm³/mol. The number of hydrogen-bond donors (Lipinski definition) is 2. The molecule has 0 saturated heterocycles. The van der Waals surface area contributed by atoms with Crippen molar-refractivity contribution >= 4 is 11.6 Å². The van der Waals surface area contributed by atoms with Crippen molar-refractivity contribution in [2.45, 2.75) is 20.3 Å². The van der Waals surface area contributed by atoms with Crippen LogP contribution in [0.25, 0.3) is 0 Å². The minimum atomic E-state index is 0.711. The topological polar surface area (TPSA) is 53.1 Å². The van der Waals surface area contributed by atoms with E-state index in [2.05, 4.69) is 46.4 Å². The van der Waals surface area contributed by atoms with Gasteiger partial charge in [0.05, 0.1) is 0 Å². The molecule has 0 spiro atoms. The van der Waals surface area contributed by atoms with Gasteiger partial charge in [0.25, 0.3) is 0 Å². The molecule has 5 nitrogen and oxygen atoms in total. The fourth-order valence-corrected chi connectivity index (χ4v) is 1.53. The SMILES string of the molecule is CNCCNc1cc(N(C)CCC(C)C)ncn1. The molecule has 0 amide bonds. The fraction of sp³-hybridized carbons (Fsp3) is 0.692. The monoisotopic (exact) mass is 251 g/mol. The highest BCUT2D eigenvalue weighted by molar-refractivity contribution is 5.47. The predicted octanol–water partition coefficient (Wildman–Crippen LogP) is 1.59. The zero-order valence-corrected chi connectivity index (χ0v) is 11.9. The van der Waals surface area contributed by atoms with Gasteiger partial charge in [0, 0.05) is 32.7 Å². The molecule has 1 rings (SSSR count). The Morgan fingerprint density at radius 1 is 1.28 bits per heavy atom. The second kappa shape index (κ2) is 7.87. The van der Waals surface area contributed by atoms with Gasteiger partial charge in [0.1, 0.15) is 18.0 Å². The summed E-state index contributed by atoms with van der Waals surface area (Å²) in [5.41, 5.74) is 0. The van der Waals surface area contributed by atoms with E-state index < -0.39 is 0 Å². The van der Waals surface area contributed by atoms with Crippen LogP contribution in [0.2, 0.25) is 0 Å². The lowest BCUT2D eigenvalue weighted by atomic mass is 10.1. The van der Waals surface area contributed by atoms with Crippen LogP contribution in [0.3, 0.4) is 0 Å². The summed E-state index contributed by atoms with van der Waals surface area (Å²) in [4.78, 5) is 10.7. The van der Waals surface area contributed by atoms with Gasteiger partial charge >= 0.3 is 0 Å². The molecule has 0 bridgehead atoms. The van der Waals surface area contributed by atoms with Gasteiger partial charge in [-0.1, -0.05) is 13.8 Å². The van der Waals surface area contributed by atoms with Crippen LogP contribution in [-0.4, -0.2) is 43.7 Å². The van der Waals surface area contributed by atoms with Crippen LogP contribution < -0.4 is 15.5 Å². The average Bonchev–Trinajstić information content (AvgIpc) is 2.36. The molecule has 1 heterocycles. The lowest BCUT2D eigenvalue weighted by molar-refractivity contribution is 0.583. The Morgan fingerprint density at radius 3 is 2.72 bits per heavy atom. The first kappa shape index (κ1) is 14.7. The Bertz CT molecular complexity index is 340. The lowest BCUT2D eigenvalue weighted by Crippen LogP contribution is -2.22. The number of nitrogens with zero attached hydrogens (tertiary/aromatic N) is 3. The summed E-state index contributed by atoms with van der Waals surface area (Å²) in [6, 6.07) is 2.00. The number of aromatic nitrogens is 2. The highest BCUT2D eigenvalue weighted by Gasteiger charge is 2.05. The van der Waals surface area contributed by atoms with Crippen LogP contribution in [0.5, 0.6) is 0 Å². The molecule has 0 radical (unpaired) electrons. The second-order valence-electron chi connectivity index (χ2n) is 4.90. The van der Waals surface area contributed by atoms with Crippen molar-refractivity contribution < 1.29 is 0 Å². The summed E-state index contributed by atoms with van der Waals surface area (Å²) >= 11 is 0. The number of rotatable bonds is 8. The van der Waals surface area contributed by atoms with Gasteiger partial charge in [0.15, 0.2) is 0 Å². The molecule has 0 aromatic carbocycles. The van der Waals surface area contributed by atoms with E-state index in [0.717, 1.165) is 31.3 Å². The molecule has 0 saturated carbocycles. The minimum absolute atomic E-state index is 0.711. The molecule has 102 valence electrons. The van der Waals surface area contributed by atoms with Crippen molar-refractivity contribution in [2.75, 3.05) is 43.9 Å². The molecule has 0 aliphatic heterocycles. The maximum absolute atomic E-state index is 4.30. The smallest absolute Gasteiger partial charge is 0.133 e. The first-order valence-corrected chi connectivity index (χ1v) is 6.55. The van der Waals surface area contributed by atoms with E-state index in [1.54, 1.807) is 6.33 Å². The van der Waals surface area contributed by atoms with Gasteiger partial charge in [0.2, 0.25) is 0 Å². The van der Waals surface area contributed by atoms with Gasteiger partial charge in [-0.05, 0) is 19.4 Å². The quantitative estimate of drug-likeness (QED) is 0.687. The highest BCUT2D eigenvalue weighted by atomic mass is 15.2. The van der Waals surface area contributed by atoms with Crippen molar-refractivity contribution in [2.24, 2.45) is 5.92 Å². The van der Waals surface area contributed by atoms with Crippen LogP contribution in [-0.2, 0) is 0 Å². The minimum Gasteiger partial charge on any atom is -0.369 e. The van der Waals surface area contributed by atoms with E-state index >= 15 is 0 Å². The summed E-state index contributed by atoms with van der Waals surface area (Å²) in [5.74, 6) is 2.56. The number of hydrogen-bond acceptors (Lipinski definition) is 5. The maximum atomic E-state index is 4.30. The Hall–Kier alpha value is -1.36. The molecule has 0 unspecified atom stereocenters. The fourth-order valence-electron chi connectivity index (χ4n) is 1.53. The molecule has 1 aromatic heterocycles. The summed E-state index contributed by atoms with van der Waals surface area (Å²) < 4.78 is 0. The largest absolute Gasteiger partial charge is 0.369 e. The molecule has 0 aliphatic carbocycles. The first-order valence-electron chi connectivity index (χ1n) is 6.55. The third kappa shape index (κ3) is 5.31.